The van der Waals surface area contributed by atoms with E-state index in [1.165, 1.54) is 0 Å². The maximum absolute atomic E-state index is 5.88. The molecule has 0 bridgehead atoms. The smallest absolute Gasteiger partial charge is 0.163 e. The Morgan fingerprint density at radius 2 is 2.27 bits per heavy atom. The van der Waals surface area contributed by atoms with Crippen LogP contribution in [0.1, 0.15) is 24.9 Å². The van der Waals surface area contributed by atoms with E-state index in [1.54, 1.807) is 6.33 Å². The van der Waals surface area contributed by atoms with Gasteiger partial charge in [0.2, 0.25) is 0 Å². The van der Waals surface area contributed by atoms with Gasteiger partial charge in [0.1, 0.15) is 12.2 Å². The summed E-state index contributed by atoms with van der Waals surface area (Å²) in [7, 11) is 0. The van der Waals surface area contributed by atoms with Crippen molar-refractivity contribution in [2.75, 3.05) is 0 Å². The van der Waals surface area contributed by atoms with Gasteiger partial charge < -0.3 is 5.73 Å². The van der Waals surface area contributed by atoms with Crippen molar-refractivity contribution in [1.29, 1.82) is 0 Å². The first-order chi connectivity index (χ1) is 7.20. The molecule has 0 fully saturated rings. The van der Waals surface area contributed by atoms with Gasteiger partial charge in [-0.05, 0) is 13.3 Å². The Labute approximate surface area is 88.3 Å². The van der Waals surface area contributed by atoms with Gasteiger partial charge in [0, 0.05) is 24.2 Å². The molecule has 2 aromatic heterocycles. The minimum atomic E-state index is 0.138. The van der Waals surface area contributed by atoms with E-state index in [4.69, 9.17) is 5.73 Å². The van der Waals surface area contributed by atoms with Crippen LogP contribution in [-0.4, -0.2) is 25.6 Å². The number of aryl methyl sites for hydroxylation is 1. The number of hydrogen-bond acceptors (Lipinski definition) is 4. The predicted molar refractivity (Wildman–Crippen MR) is 57.5 cm³/mol. The molecule has 0 amide bonds. The number of nitrogens with zero attached hydrogens (tertiary/aromatic N) is 4. The molecule has 2 N–H and O–H groups in total. The summed E-state index contributed by atoms with van der Waals surface area (Å²) in [5.74, 6) is 0.881. The first-order valence-corrected chi connectivity index (χ1v) is 5.12. The number of rotatable bonds is 3. The van der Waals surface area contributed by atoms with Gasteiger partial charge in [-0.25, -0.2) is 4.98 Å². The number of fused-ring (bicyclic) bond motifs is 1. The van der Waals surface area contributed by atoms with Gasteiger partial charge in [-0.2, -0.15) is 0 Å². The van der Waals surface area contributed by atoms with Crippen molar-refractivity contribution in [3.63, 3.8) is 0 Å². The zero-order valence-electron chi connectivity index (χ0n) is 9.01. The standard InChI is InChI=1S/C10H15N5/c1-3-8(11)5-10-14-13-9-4-7(2)12-6-15(9)10/h4,6,8H,3,5,11H2,1-2H3. The second kappa shape index (κ2) is 3.94. The lowest BCUT2D eigenvalue weighted by Crippen LogP contribution is -2.22. The van der Waals surface area contributed by atoms with Crippen molar-refractivity contribution in [1.82, 2.24) is 19.6 Å². The van der Waals surface area contributed by atoms with E-state index >= 15 is 0 Å². The van der Waals surface area contributed by atoms with E-state index in [1.807, 2.05) is 17.4 Å². The molecule has 0 spiro atoms. The van der Waals surface area contributed by atoms with Gasteiger partial charge in [0.25, 0.3) is 0 Å². The lowest BCUT2D eigenvalue weighted by molar-refractivity contribution is 0.619. The Bertz CT molecular complexity index is 462. The van der Waals surface area contributed by atoms with Gasteiger partial charge >= 0.3 is 0 Å². The van der Waals surface area contributed by atoms with Crippen LogP contribution in [0.3, 0.4) is 0 Å². The van der Waals surface area contributed by atoms with Gasteiger partial charge in [-0.3, -0.25) is 4.40 Å². The van der Waals surface area contributed by atoms with Gasteiger partial charge in [0.05, 0.1) is 0 Å². The van der Waals surface area contributed by atoms with Gasteiger partial charge in [0.15, 0.2) is 5.65 Å². The molecule has 0 saturated heterocycles. The Hall–Kier alpha value is -1.49. The second-order valence-corrected chi connectivity index (χ2v) is 3.75. The van der Waals surface area contributed by atoms with Crippen LogP contribution in [0.25, 0.3) is 5.65 Å². The minimum Gasteiger partial charge on any atom is -0.327 e. The van der Waals surface area contributed by atoms with Crippen molar-refractivity contribution >= 4 is 5.65 Å². The monoisotopic (exact) mass is 205 g/mol. The van der Waals surface area contributed by atoms with Crippen LogP contribution in [0.5, 0.6) is 0 Å². The maximum atomic E-state index is 5.88. The lowest BCUT2D eigenvalue weighted by atomic mass is 10.1. The molecule has 0 radical (unpaired) electrons. The van der Waals surface area contributed by atoms with Crippen molar-refractivity contribution in [2.24, 2.45) is 5.73 Å². The summed E-state index contributed by atoms with van der Waals surface area (Å²) in [6.45, 7) is 4.00. The van der Waals surface area contributed by atoms with E-state index in [0.717, 1.165) is 30.0 Å². The SMILES string of the molecule is CCC(N)Cc1nnc2cc(C)ncn12. The molecule has 5 heteroatoms. The zero-order chi connectivity index (χ0) is 10.8. The summed E-state index contributed by atoms with van der Waals surface area (Å²) in [6.07, 6.45) is 3.43. The van der Waals surface area contributed by atoms with Crippen LogP contribution in [0.4, 0.5) is 0 Å². The number of hydrogen-bond donors (Lipinski definition) is 1. The van der Waals surface area contributed by atoms with Gasteiger partial charge in [-0.15, -0.1) is 10.2 Å². The molecule has 0 aliphatic carbocycles. The summed E-state index contributed by atoms with van der Waals surface area (Å²) >= 11 is 0. The minimum absolute atomic E-state index is 0.138. The average Bonchev–Trinajstić information content (AvgIpc) is 2.60. The van der Waals surface area contributed by atoms with Crippen LogP contribution in [0, 0.1) is 6.92 Å². The molecular weight excluding hydrogens is 190 g/mol. The summed E-state index contributed by atoms with van der Waals surface area (Å²) in [4.78, 5) is 4.22. The highest BCUT2D eigenvalue weighted by molar-refractivity contribution is 5.38. The highest BCUT2D eigenvalue weighted by Crippen LogP contribution is 2.06. The van der Waals surface area contributed by atoms with Crippen molar-refractivity contribution in [3.8, 4) is 0 Å². The van der Waals surface area contributed by atoms with E-state index in [2.05, 4.69) is 22.1 Å². The lowest BCUT2D eigenvalue weighted by Gasteiger charge is -2.06. The molecule has 2 rings (SSSR count). The summed E-state index contributed by atoms with van der Waals surface area (Å²) < 4.78 is 1.89. The van der Waals surface area contributed by atoms with E-state index in [0.29, 0.717) is 0 Å². The number of aromatic nitrogens is 4. The fraction of sp³-hybridized carbons (Fsp3) is 0.500. The molecule has 1 atom stereocenters. The fourth-order valence-corrected chi connectivity index (χ4v) is 1.45. The molecule has 2 aromatic rings. The van der Waals surface area contributed by atoms with Crippen LogP contribution in [0.2, 0.25) is 0 Å². The zero-order valence-corrected chi connectivity index (χ0v) is 9.01. The second-order valence-electron chi connectivity index (χ2n) is 3.75. The molecular formula is C10H15N5. The van der Waals surface area contributed by atoms with Crippen molar-refractivity contribution < 1.29 is 0 Å². The molecule has 5 nitrogen and oxygen atoms in total. The van der Waals surface area contributed by atoms with Gasteiger partial charge in [-0.1, -0.05) is 6.92 Å². The van der Waals surface area contributed by atoms with E-state index in [9.17, 15) is 0 Å². The Morgan fingerprint density at radius 3 is 3.00 bits per heavy atom. The highest BCUT2D eigenvalue weighted by atomic mass is 15.3. The first-order valence-electron chi connectivity index (χ1n) is 5.12. The molecule has 15 heavy (non-hydrogen) atoms. The predicted octanol–water partition coefficient (Wildman–Crippen LogP) is 0.713. The van der Waals surface area contributed by atoms with Crippen LogP contribution in [0.15, 0.2) is 12.4 Å². The van der Waals surface area contributed by atoms with Crippen molar-refractivity contribution in [2.45, 2.75) is 32.7 Å². The molecule has 0 aliphatic rings. The van der Waals surface area contributed by atoms with Crippen LogP contribution in [-0.2, 0) is 6.42 Å². The quantitative estimate of drug-likeness (QED) is 0.801. The van der Waals surface area contributed by atoms with Crippen molar-refractivity contribution in [3.05, 3.63) is 23.9 Å². The number of nitrogens with two attached hydrogens (primary N) is 1. The fourth-order valence-electron chi connectivity index (χ4n) is 1.45. The summed E-state index contributed by atoms with van der Waals surface area (Å²) in [5.41, 5.74) is 7.66. The largest absolute Gasteiger partial charge is 0.327 e. The molecule has 2 heterocycles. The van der Waals surface area contributed by atoms with E-state index in [-0.39, 0.29) is 6.04 Å². The molecule has 1 unspecified atom stereocenters. The topological polar surface area (TPSA) is 69.1 Å². The third kappa shape index (κ3) is 1.97. The van der Waals surface area contributed by atoms with E-state index < -0.39 is 0 Å². The highest BCUT2D eigenvalue weighted by Gasteiger charge is 2.09. The Kier molecular flexibility index (Phi) is 2.64. The van der Waals surface area contributed by atoms with Crippen LogP contribution >= 0.6 is 0 Å². The average molecular weight is 205 g/mol. The molecule has 80 valence electrons. The first kappa shape index (κ1) is 10.0. The summed E-state index contributed by atoms with van der Waals surface area (Å²) in [6, 6.07) is 2.05. The summed E-state index contributed by atoms with van der Waals surface area (Å²) in [5, 5.41) is 8.20. The van der Waals surface area contributed by atoms with Crippen LogP contribution < -0.4 is 5.73 Å². The molecule has 0 aromatic carbocycles. The Morgan fingerprint density at radius 1 is 1.47 bits per heavy atom. The molecule has 0 aliphatic heterocycles. The third-order valence-electron chi connectivity index (χ3n) is 2.48. The maximum Gasteiger partial charge on any atom is 0.163 e. The third-order valence-corrected chi connectivity index (χ3v) is 2.48. The Balaban J connectivity index is 2.36. The normalized spacial score (nSPS) is 13.3. The molecule has 0 saturated carbocycles.